The minimum absolute atomic E-state index is 0.00475. The van der Waals surface area contributed by atoms with Gasteiger partial charge in [0, 0.05) is 5.92 Å². The Morgan fingerprint density at radius 2 is 1.00 bits per heavy atom. The number of nitrogens with zero attached hydrogens (tertiary/aromatic N) is 8. The van der Waals surface area contributed by atoms with E-state index in [9.17, 15) is 36.2 Å². The number of hydrogen-bond donors (Lipinski definition) is 4. The summed E-state index contributed by atoms with van der Waals surface area (Å²) in [4.78, 5) is -1.19. The van der Waals surface area contributed by atoms with Crippen LogP contribution in [-0.2, 0) is 20.2 Å². The summed E-state index contributed by atoms with van der Waals surface area (Å²) < 4.78 is 67.6. The molecular formula is C40H38Cl4N8O8S2. The molecule has 1 unspecified atom stereocenters. The summed E-state index contributed by atoms with van der Waals surface area (Å²) in [6.45, 7) is 7.51. The SMILES string of the molecule is CCCCC(CC)C(c1ccc(/N=N/c2c(C)nn(-c3cc(Cl)c(S(=O)(=O)O)cc3Cl)c2O)cc1)c1ccc(/N=N/c2c(C)nn(-c3cc(Cl)c(S(=O)(=O)O)cc3Cl)c2O)cc1. The first-order valence-corrected chi connectivity index (χ1v) is 23.2. The van der Waals surface area contributed by atoms with E-state index in [-0.39, 0.29) is 48.8 Å². The van der Waals surface area contributed by atoms with Crippen LogP contribution < -0.4 is 0 Å². The first-order valence-electron chi connectivity index (χ1n) is 18.8. The van der Waals surface area contributed by atoms with Crippen LogP contribution in [0.3, 0.4) is 0 Å². The normalized spacial score (nSPS) is 13.0. The fraction of sp³-hybridized carbons (Fsp3) is 0.250. The molecule has 22 heteroatoms. The van der Waals surface area contributed by atoms with E-state index in [1.165, 1.54) is 0 Å². The highest BCUT2D eigenvalue weighted by Gasteiger charge is 2.26. The summed E-state index contributed by atoms with van der Waals surface area (Å²) in [6.07, 6.45) is 4.00. The van der Waals surface area contributed by atoms with Crippen LogP contribution in [0.25, 0.3) is 11.4 Å². The van der Waals surface area contributed by atoms with Crippen molar-refractivity contribution in [2.24, 2.45) is 26.4 Å². The van der Waals surface area contributed by atoms with Gasteiger partial charge in [-0.15, -0.1) is 10.2 Å². The highest BCUT2D eigenvalue weighted by molar-refractivity contribution is 7.86. The van der Waals surface area contributed by atoms with Crippen LogP contribution in [0.2, 0.25) is 20.1 Å². The summed E-state index contributed by atoms with van der Waals surface area (Å²) in [5.74, 6) is -0.544. The van der Waals surface area contributed by atoms with Gasteiger partial charge in [-0.05, 0) is 85.8 Å². The molecule has 6 aromatic rings. The lowest BCUT2D eigenvalue weighted by Gasteiger charge is -2.27. The van der Waals surface area contributed by atoms with Crippen molar-refractivity contribution in [2.45, 2.75) is 69.1 Å². The Labute approximate surface area is 377 Å². The summed E-state index contributed by atoms with van der Waals surface area (Å²) in [5.41, 5.74) is 3.87. The third-order valence-electron chi connectivity index (χ3n) is 9.98. The lowest BCUT2D eigenvalue weighted by molar-refractivity contribution is 0.406. The average molecular weight is 965 g/mol. The maximum Gasteiger partial charge on any atom is 0.296 e. The van der Waals surface area contributed by atoms with Crippen molar-refractivity contribution in [3.63, 3.8) is 0 Å². The molecular weight excluding hydrogens is 926 g/mol. The van der Waals surface area contributed by atoms with Crippen molar-refractivity contribution in [3.8, 4) is 23.1 Å². The Morgan fingerprint density at radius 1 is 0.613 bits per heavy atom. The predicted molar refractivity (Wildman–Crippen MR) is 236 cm³/mol. The lowest BCUT2D eigenvalue weighted by atomic mass is 9.77. The number of azo groups is 2. The predicted octanol–water partition coefficient (Wildman–Crippen LogP) is 12.4. The van der Waals surface area contributed by atoms with Gasteiger partial charge in [0.15, 0.2) is 11.4 Å². The van der Waals surface area contributed by atoms with E-state index < -0.39 is 41.8 Å². The Morgan fingerprint density at radius 3 is 1.34 bits per heavy atom. The lowest BCUT2D eigenvalue weighted by Crippen LogP contribution is -2.14. The van der Waals surface area contributed by atoms with Crippen molar-refractivity contribution in [1.82, 2.24) is 19.6 Å². The topological polar surface area (TPSA) is 234 Å². The third kappa shape index (κ3) is 9.97. The van der Waals surface area contributed by atoms with Crippen molar-refractivity contribution >= 4 is 89.4 Å². The fourth-order valence-corrected chi connectivity index (χ4v) is 9.52. The maximum atomic E-state index is 11.7. The minimum atomic E-state index is -4.65. The zero-order valence-corrected chi connectivity index (χ0v) is 37.9. The van der Waals surface area contributed by atoms with Gasteiger partial charge in [-0.3, -0.25) is 9.11 Å². The Balaban J connectivity index is 1.24. The second-order valence-electron chi connectivity index (χ2n) is 14.1. The smallest absolute Gasteiger partial charge is 0.296 e. The molecule has 62 heavy (non-hydrogen) atoms. The first-order chi connectivity index (χ1) is 29.2. The second-order valence-corrected chi connectivity index (χ2v) is 18.5. The average Bonchev–Trinajstić information content (AvgIpc) is 3.66. The first kappa shape index (κ1) is 46.6. The zero-order chi connectivity index (χ0) is 45.3. The monoisotopic (exact) mass is 962 g/mol. The van der Waals surface area contributed by atoms with Gasteiger partial charge in [-0.25, -0.2) is 0 Å². The molecule has 0 fully saturated rings. The number of hydrogen-bond acceptors (Lipinski definition) is 12. The van der Waals surface area contributed by atoms with Crippen LogP contribution in [0.15, 0.2) is 103 Å². The van der Waals surface area contributed by atoms with Gasteiger partial charge in [-0.2, -0.15) is 46.6 Å². The van der Waals surface area contributed by atoms with E-state index in [1.807, 2.05) is 48.5 Å². The molecule has 2 aromatic heterocycles. The van der Waals surface area contributed by atoms with Gasteiger partial charge in [0.1, 0.15) is 9.79 Å². The highest BCUT2D eigenvalue weighted by atomic mass is 35.5. The summed E-state index contributed by atoms with van der Waals surface area (Å²) in [7, 11) is -9.30. The van der Waals surface area contributed by atoms with Crippen molar-refractivity contribution in [1.29, 1.82) is 0 Å². The largest absolute Gasteiger partial charge is 0.492 e. The molecule has 326 valence electrons. The van der Waals surface area contributed by atoms with Crippen LogP contribution in [0.4, 0.5) is 22.7 Å². The second kappa shape index (κ2) is 18.8. The van der Waals surface area contributed by atoms with Crippen LogP contribution in [-0.4, -0.2) is 55.7 Å². The van der Waals surface area contributed by atoms with E-state index in [4.69, 9.17) is 46.4 Å². The molecule has 16 nitrogen and oxygen atoms in total. The van der Waals surface area contributed by atoms with Crippen LogP contribution in [0.5, 0.6) is 11.8 Å². The fourth-order valence-electron chi connectivity index (χ4n) is 6.86. The van der Waals surface area contributed by atoms with Gasteiger partial charge in [0.2, 0.25) is 11.8 Å². The highest BCUT2D eigenvalue weighted by Crippen LogP contribution is 2.42. The van der Waals surface area contributed by atoms with Gasteiger partial charge >= 0.3 is 0 Å². The minimum Gasteiger partial charge on any atom is -0.492 e. The van der Waals surface area contributed by atoms with Crippen molar-refractivity contribution in [2.75, 3.05) is 0 Å². The zero-order valence-electron chi connectivity index (χ0n) is 33.2. The summed E-state index contributed by atoms with van der Waals surface area (Å²) >= 11 is 24.7. The van der Waals surface area contributed by atoms with E-state index in [1.54, 1.807) is 13.8 Å². The molecule has 0 aliphatic rings. The molecule has 4 N–H and O–H groups in total. The number of halogens is 4. The van der Waals surface area contributed by atoms with Gasteiger partial charge < -0.3 is 10.2 Å². The molecule has 0 saturated heterocycles. The molecule has 0 saturated carbocycles. The third-order valence-corrected chi connectivity index (χ3v) is 13.2. The Kier molecular flexibility index (Phi) is 14.1. The molecule has 6 rings (SSSR count). The number of benzene rings is 4. The van der Waals surface area contributed by atoms with Crippen LogP contribution in [0, 0.1) is 19.8 Å². The van der Waals surface area contributed by atoms with E-state index in [2.05, 4.69) is 44.5 Å². The molecule has 0 radical (unpaired) electrons. The molecule has 0 bridgehead atoms. The van der Waals surface area contributed by atoms with Gasteiger partial charge in [-0.1, -0.05) is 104 Å². The Hall–Kier alpha value is -4.92. The van der Waals surface area contributed by atoms with Crippen molar-refractivity contribution in [3.05, 3.63) is 115 Å². The Bertz CT molecular complexity index is 2750. The van der Waals surface area contributed by atoms with E-state index in [0.29, 0.717) is 28.7 Å². The van der Waals surface area contributed by atoms with E-state index in [0.717, 1.165) is 70.4 Å². The standard InChI is InChI=1S/C40H38Cl4N8O8S2/c1-5-7-8-23(6-2)36(24-9-13-26(14-10-24)45-47-37-21(3)49-51(39(37)53)32-17-30(43)34(19-28(32)41)61(55,56)57)25-11-15-27(16-12-25)46-48-38-22(4)50-52(40(38)54)33-18-31(44)35(20-29(33)42)62(58,59)60/h9-20,23,36,53-54H,5-8H2,1-4H3,(H,55,56,57)(H,58,59,60)/b47-45+,48-46+. The molecule has 1 atom stereocenters. The molecule has 0 amide bonds. The van der Waals surface area contributed by atoms with Gasteiger partial charge in [0.05, 0.1) is 54.2 Å². The molecule has 4 aromatic carbocycles. The number of aromatic nitrogens is 4. The molecule has 2 heterocycles. The maximum absolute atomic E-state index is 11.7. The number of rotatable bonds is 15. The molecule has 0 aliphatic heterocycles. The van der Waals surface area contributed by atoms with Crippen LogP contribution in [0.1, 0.15) is 68.0 Å². The number of aryl methyl sites for hydroxylation is 2. The van der Waals surface area contributed by atoms with Crippen LogP contribution >= 0.6 is 46.4 Å². The molecule has 0 spiro atoms. The number of unbranched alkanes of at least 4 members (excludes halogenated alkanes) is 1. The van der Waals surface area contributed by atoms with E-state index >= 15 is 0 Å². The quantitative estimate of drug-likeness (QED) is 0.0561. The number of aromatic hydroxyl groups is 2. The summed E-state index contributed by atoms with van der Waals surface area (Å²) in [5, 5.41) is 46.8. The van der Waals surface area contributed by atoms with Gasteiger partial charge in [0.25, 0.3) is 20.2 Å². The summed E-state index contributed by atoms with van der Waals surface area (Å²) in [6, 6.07) is 19.4. The molecule has 0 aliphatic carbocycles. The van der Waals surface area contributed by atoms with Crippen molar-refractivity contribution < 1.29 is 36.2 Å².